The van der Waals surface area contributed by atoms with E-state index in [4.69, 9.17) is 20.4 Å². The Kier molecular flexibility index (Phi) is 4.61. The maximum atomic E-state index is 13.8. The van der Waals surface area contributed by atoms with Crippen LogP contribution < -0.4 is 15.2 Å². The van der Waals surface area contributed by atoms with Crippen molar-refractivity contribution < 1.29 is 19.1 Å². The minimum Gasteiger partial charge on any atom is -0.497 e. The number of ether oxygens (including phenoxy) is 2. The Morgan fingerprint density at radius 1 is 1.29 bits per heavy atom. The van der Waals surface area contributed by atoms with Crippen molar-refractivity contribution in [3.63, 3.8) is 0 Å². The zero-order chi connectivity index (χ0) is 15.2. The van der Waals surface area contributed by atoms with Gasteiger partial charge >= 0.3 is 0 Å². The van der Waals surface area contributed by atoms with E-state index in [9.17, 15) is 4.39 Å². The summed E-state index contributed by atoms with van der Waals surface area (Å²) in [5, 5.41) is 11.5. The molecule has 21 heavy (non-hydrogen) atoms. The summed E-state index contributed by atoms with van der Waals surface area (Å²) in [6.45, 7) is 0.201. The normalized spacial score (nSPS) is 11.2. The first kappa shape index (κ1) is 14.6. The first-order chi connectivity index (χ1) is 10.2. The summed E-state index contributed by atoms with van der Waals surface area (Å²) in [6.07, 6.45) is 0. The monoisotopic (exact) mass is 290 g/mol. The van der Waals surface area contributed by atoms with Gasteiger partial charge in [-0.3, -0.25) is 0 Å². The largest absolute Gasteiger partial charge is 0.497 e. The highest BCUT2D eigenvalue weighted by Gasteiger charge is 2.14. The number of nitrogens with two attached hydrogens (primary N) is 1. The van der Waals surface area contributed by atoms with Gasteiger partial charge in [-0.25, -0.2) is 4.39 Å². The lowest BCUT2D eigenvalue weighted by Gasteiger charge is -2.12. The Balaban J connectivity index is 2.22. The summed E-state index contributed by atoms with van der Waals surface area (Å²) in [5.74, 6) is -0.0534. The van der Waals surface area contributed by atoms with Crippen LogP contribution >= 0.6 is 0 Å². The molecule has 0 aliphatic heterocycles. The predicted octanol–water partition coefficient (Wildman–Crippen LogP) is 2.51. The molecule has 0 amide bonds. The van der Waals surface area contributed by atoms with E-state index < -0.39 is 5.82 Å². The first-order valence-corrected chi connectivity index (χ1v) is 6.18. The van der Waals surface area contributed by atoms with Crippen molar-refractivity contribution in [1.29, 1.82) is 0 Å². The third-order valence-corrected chi connectivity index (χ3v) is 2.87. The van der Waals surface area contributed by atoms with Crippen LogP contribution in [0.5, 0.6) is 11.5 Å². The fourth-order valence-corrected chi connectivity index (χ4v) is 1.85. The second-order valence-electron chi connectivity index (χ2n) is 4.24. The highest BCUT2D eigenvalue weighted by molar-refractivity contribution is 5.99. The van der Waals surface area contributed by atoms with E-state index in [0.717, 1.165) is 5.56 Å². The van der Waals surface area contributed by atoms with Crippen LogP contribution in [0.2, 0.25) is 0 Å². The van der Waals surface area contributed by atoms with E-state index in [0.29, 0.717) is 5.75 Å². The van der Waals surface area contributed by atoms with Gasteiger partial charge in [-0.1, -0.05) is 23.4 Å². The summed E-state index contributed by atoms with van der Waals surface area (Å²) >= 11 is 0. The molecule has 0 atom stereocenters. The van der Waals surface area contributed by atoms with E-state index in [1.807, 2.05) is 24.3 Å². The van der Waals surface area contributed by atoms with Crippen molar-refractivity contribution in [2.75, 3.05) is 7.11 Å². The third kappa shape index (κ3) is 3.42. The highest BCUT2D eigenvalue weighted by atomic mass is 19.1. The number of hydrogen-bond donors (Lipinski definition) is 2. The van der Waals surface area contributed by atoms with Crippen LogP contribution in [0.4, 0.5) is 4.39 Å². The Morgan fingerprint density at radius 3 is 2.76 bits per heavy atom. The number of halogens is 1. The van der Waals surface area contributed by atoms with Gasteiger partial charge in [0.05, 0.1) is 12.7 Å². The lowest BCUT2D eigenvalue weighted by Crippen LogP contribution is -2.17. The smallest absolute Gasteiger partial charge is 0.176 e. The lowest BCUT2D eigenvalue weighted by atomic mass is 10.1. The highest BCUT2D eigenvalue weighted by Crippen LogP contribution is 2.23. The SMILES string of the molecule is COc1cccc(COc2cccc(F)c2/C(N)=N/O)c1. The van der Waals surface area contributed by atoms with Crippen molar-refractivity contribution in [1.82, 2.24) is 0 Å². The minimum absolute atomic E-state index is 0.0668. The number of nitrogens with zero attached hydrogens (tertiary/aromatic N) is 1. The molecule has 3 N–H and O–H groups in total. The molecule has 5 nitrogen and oxygen atoms in total. The van der Waals surface area contributed by atoms with Crippen molar-refractivity contribution >= 4 is 5.84 Å². The van der Waals surface area contributed by atoms with Crippen molar-refractivity contribution in [3.8, 4) is 11.5 Å². The van der Waals surface area contributed by atoms with E-state index in [1.54, 1.807) is 13.2 Å². The molecule has 0 saturated heterocycles. The summed E-state index contributed by atoms with van der Waals surface area (Å²) in [6, 6.07) is 11.6. The summed E-state index contributed by atoms with van der Waals surface area (Å²) in [4.78, 5) is 0. The standard InChI is InChI=1S/C15H15FN2O3/c1-20-11-5-2-4-10(8-11)9-21-13-7-3-6-12(16)14(13)15(17)18-19/h2-8,19H,9H2,1H3,(H2,17,18). The molecule has 0 radical (unpaired) electrons. The fraction of sp³-hybridized carbons (Fsp3) is 0.133. The number of hydrogen-bond acceptors (Lipinski definition) is 4. The first-order valence-electron chi connectivity index (χ1n) is 6.18. The molecule has 0 bridgehead atoms. The van der Waals surface area contributed by atoms with E-state index >= 15 is 0 Å². The van der Waals surface area contributed by atoms with Crippen molar-refractivity contribution in [2.45, 2.75) is 6.61 Å². The number of amidine groups is 1. The molecule has 110 valence electrons. The fourth-order valence-electron chi connectivity index (χ4n) is 1.85. The van der Waals surface area contributed by atoms with Crippen LogP contribution in [-0.4, -0.2) is 18.2 Å². The second kappa shape index (κ2) is 6.60. The van der Waals surface area contributed by atoms with Crippen LogP contribution in [0.3, 0.4) is 0 Å². The molecule has 0 aromatic heterocycles. The third-order valence-electron chi connectivity index (χ3n) is 2.87. The molecule has 0 aliphatic rings. The lowest BCUT2D eigenvalue weighted by molar-refractivity contribution is 0.300. The van der Waals surface area contributed by atoms with E-state index in [2.05, 4.69) is 5.16 Å². The number of methoxy groups -OCH3 is 1. The Morgan fingerprint density at radius 2 is 2.05 bits per heavy atom. The molecule has 0 aliphatic carbocycles. The van der Waals surface area contributed by atoms with Gasteiger partial charge in [0.15, 0.2) is 5.84 Å². The van der Waals surface area contributed by atoms with Crippen LogP contribution in [0, 0.1) is 5.82 Å². The van der Waals surface area contributed by atoms with Crippen LogP contribution in [-0.2, 0) is 6.61 Å². The van der Waals surface area contributed by atoms with E-state index in [-0.39, 0.29) is 23.8 Å². The van der Waals surface area contributed by atoms with Crippen molar-refractivity contribution in [3.05, 3.63) is 59.4 Å². The topological polar surface area (TPSA) is 77.1 Å². The van der Waals surface area contributed by atoms with E-state index in [1.165, 1.54) is 12.1 Å². The second-order valence-corrected chi connectivity index (χ2v) is 4.24. The van der Waals surface area contributed by atoms with Gasteiger partial charge in [-0.05, 0) is 29.8 Å². The van der Waals surface area contributed by atoms with Gasteiger partial charge in [-0.15, -0.1) is 0 Å². The maximum absolute atomic E-state index is 13.8. The predicted molar refractivity (Wildman–Crippen MR) is 76.2 cm³/mol. The van der Waals surface area contributed by atoms with Gasteiger partial charge in [-0.2, -0.15) is 0 Å². The Bertz CT molecular complexity index is 659. The number of oxime groups is 1. The molecule has 2 aromatic rings. The quantitative estimate of drug-likeness (QED) is 0.384. The van der Waals surface area contributed by atoms with Gasteiger partial charge in [0.1, 0.15) is 23.9 Å². The Labute approximate surface area is 121 Å². The summed E-state index contributed by atoms with van der Waals surface area (Å²) in [5.41, 5.74) is 6.25. The molecule has 0 saturated carbocycles. The average molecular weight is 290 g/mol. The summed E-state index contributed by atoms with van der Waals surface area (Å²) < 4.78 is 24.4. The molecule has 2 rings (SSSR count). The zero-order valence-electron chi connectivity index (χ0n) is 11.4. The maximum Gasteiger partial charge on any atom is 0.176 e. The molecule has 6 heteroatoms. The van der Waals surface area contributed by atoms with Gasteiger partial charge in [0.25, 0.3) is 0 Å². The molecule has 0 spiro atoms. The van der Waals surface area contributed by atoms with Gasteiger partial charge < -0.3 is 20.4 Å². The summed E-state index contributed by atoms with van der Waals surface area (Å²) in [7, 11) is 1.57. The van der Waals surface area contributed by atoms with Crippen LogP contribution in [0.1, 0.15) is 11.1 Å². The minimum atomic E-state index is -0.617. The molecule has 0 fully saturated rings. The molecular weight excluding hydrogens is 275 g/mol. The van der Waals surface area contributed by atoms with Crippen LogP contribution in [0.25, 0.3) is 0 Å². The molecule has 0 unspecified atom stereocenters. The Hall–Kier alpha value is -2.76. The van der Waals surface area contributed by atoms with Gasteiger partial charge in [0, 0.05) is 0 Å². The molecule has 0 heterocycles. The average Bonchev–Trinajstić information content (AvgIpc) is 2.52. The van der Waals surface area contributed by atoms with Gasteiger partial charge in [0.2, 0.25) is 0 Å². The number of rotatable bonds is 5. The van der Waals surface area contributed by atoms with Crippen molar-refractivity contribution in [2.24, 2.45) is 10.9 Å². The van der Waals surface area contributed by atoms with Crippen LogP contribution in [0.15, 0.2) is 47.6 Å². The molecule has 2 aromatic carbocycles. The number of benzene rings is 2. The molecular formula is C15H15FN2O3. The zero-order valence-corrected chi connectivity index (χ0v) is 11.4.